The molecule has 0 atom stereocenters. The Morgan fingerprint density at radius 3 is 2.61 bits per heavy atom. The van der Waals surface area contributed by atoms with Crippen LogP contribution in [0.25, 0.3) is 0 Å². The van der Waals surface area contributed by atoms with Crippen molar-refractivity contribution in [1.82, 2.24) is 0 Å². The van der Waals surface area contributed by atoms with Crippen LogP contribution in [0.4, 0.5) is 10.7 Å². The molecule has 11 heteroatoms. The highest BCUT2D eigenvalue weighted by Crippen LogP contribution is 2.39. The van der Waals surface area contributed by atoms with E-state index in [9.17, 15) is 18.0 Å². The van der Waals surface area contributed by atoms with E-state index in [2.05, 4.69) is 5.32 Å². The van der Waals surface area contributed by atoms with Crippen molar-refractivity contribution in [3.05, 3.63) is 34.2 Å². The molecule has 2 aliphatic rings. The molecule has 178 valence electrons. The lowest BCUT2D eigenvalue weighted by atomic mass is 9.95. The standard InChI is InChI=1S/C22H26N2O7S2/c1-3-29-22(26)20-15-6-4-5-7-18(15)32-21(20)23-19(25)13-24(33(2,27)28)14-8-9-16-17(12-14)31-11-10-30-16/h8-9,12H,3-7,10-11,13H2,1-2H3,(H,23,25). The molecule has 2 aromatic rings. The van der Waals surface area contributed by atoms with Crippen LogP contribution >= 0.6 is 11.3 Å². The number of carbonyl (C=O) groups is 2. The largest absolute Gasteiger partial charge is 0.486 e. The van der Waals surface area contributed by atoms with Gasteiger partial charge in [-0.15, -0.1) is 11.3 Å². The smallest absolute Gasteiger partial charge is 0.341 e. The summed E-state index contributed by atoms with van der Waals surface area (Å²) >= 11 is 1.36. The Hall–Kier alpha value is -2.79. The zero-order valence-electron chi connectivity index (χ0n) is 18.5. The lowest BCUT2D eigenvalue weighted by Gasteiger charge is -2.24. The predicted octanol–water partition coefficient (Wildman–Crippen LogP) is 2.98. The first-order valence-electron chi connectivity index (χ1n) is 10.8. The summed E-state index contributed by atoms with van der Waals surface area (Å²) in [5, 5.41) is 3.16. The van der Waals surface area contributed by atoms with Gasteiger partial charge in [-0.2, -0.15) is 0 Å². The molecule has 1 aliphatic carbocycles. The fourth-order valence-corrected chi connectivity index (χ4v) is 6.10. The molecule has 1 aliphatic heterocycles. The van der Waals surface area contributed by atoms with Gasteiger partial charge in [-0.05, 0) is 50.3 Å². The summed E-state index contributed by atoms with van der Waals surface area (Å²) in [5.74, 6) is -0.0899. The molecule has 4 rings (SSSR count). The van der Waals surface area contributed by atoms with Crippen LogP contribution in [0.15, 0.2) is 18.2 Å². The topological polar surface area (TPSA) is 111 Å². The summed E-state index contributed by atoms with van der Waals surface area (Å²) in [6.07, 6.45) is 4.62. The quantitative estimate of drug-likeness (QED) is 0.589. The number of anilines is 2. The molecular formula is C22H26N2O7S2. The molecule has 1 aromatic heterocycles. The Labute approximate surface area is 196 Å². The van der Waals surface area contributed by atoms with Gasteiger partial charge in [-0.1, -0.05) is 0 Å². The molecule has 9 nitrogen and oxygen atoms in total. The molecule has 0 radical (unpaired) electrons. The summed E-state index contributed by atoms with van der Waals surface area (Å²) < 4.78 is 42.3. The Bertz CT molecular complexity index is 1170. The number of esters is 1. The van der Waals surface area contributed by atoms with Crippen molar-refractivity contribution in [2.45, 2.75) is 32.6 Å². The number of fused-ring (bicyclic) bond motifs is 2. The zero-order valence-corrected chi connectivity index (χ0v) is 20.1. The van der Waals surface area contributed by atoms with Gasteiger partial charge in [0, 0.05) is 10.9 Å². The van der Waals surface area contributed by atoms with Gasteiger partial charge in [0.05, 0.1) is 24.1 Å². The highest BCUT2D eigenvalue weighted by Gasteiger charge is 2.29. The van der Waals surface area contributed by atoms with Crippen molar-refractivity contribution in [2.24, 2.45) is 0 Å². The number of nitrogens with zero attached hydrogens (tertiary/aromatic N) is 1. The van der Waals surface area contributed by atoms with Crippen molar-refractivity contribution in [3.8, 4) is 11.5 Å². The van der Waals surface area contributed by atoms with Crippen molar-refractivity contribution < 1.29 is 32.2 Å². The number of thiophene rings is 1. The number of amides is 1. The Morgan fingerprint density at radius 2 is 1.88 bits per heavy atom. The summed E-state index contributed by atoms with van der Waals surface area (Å²) in [4.78, 5) is 26.6. The number of sulfonamides is 1. The lowest BCUT2D eigenvalue weighted by Crippen LogP contribution is -2.37. The maximum atomic E-state index is 13.0. The second-order valence-corrected chi connectivity index (χ2v) is 10.8. The minimum absolute atomic E-state index is 0.225. The highest BCUT2D eigenvalue weighted by molar-refractivity contribution is 7.92. The van der Waals surface area contributed by atoms with E-state index in [0.717, 1.165) is 46.7 Å². The third-order valence-electron chi connectivity index (χ3n) is 5.41. The van der Waals surface area contributed by atoms with Gasteiger partial charge in [0.2, 0.25) is 15.9 Å². The summed E-state index contributed by atoms with van der Waals surface area (Å²) in [7, 11) is -3.78. The number of benzene rings is 1. The number of nitrogens with one attached hydrogen (secondary N) is 1. The van der Waals surface area contributed by atoms with Crippen molar-refractivity contribution >= 4 is 43.9 Å². The molecule has 2 heterocycles. The maximum Gasteiger partial charge on any atom is 0.341 e. The maximum absolute atomic E-state index is 13.0. The number of carbonyl (C=O) groups excluding carboxylic acids is 2. The van der Waals surface area contributed by atoms with Gasteiger partial charge in [0.1, 0.15) is 24.8 Å². The van der Waals surface area contributed by atoms with E-state index in [1.165, 1.54) is 17.4 Å². The molecule has 0 fully saturated rings. The lowest BCUT2D eigenvalue weighted by molar-refractivity contribution is -0.114. The van der Waals surface area contributed by atoms with Crippen LogP contribution in [0.5, 0.6) is 11.5 Å². The minimum atomic E-state index is -3.78. The van der Waals surface area contributed by atoms with E-state index in [1.54, 1.807) is 19.1 Å². The molecule has 33 heavy (non-hydrogen) atoms. The van der Waals surface area contributed by atoms with Crippen molar-refractivity contribution in [3.63, 3.8) is 0 Å². The van der Waals surface area contributed by atoms with Gasteiger partial charge in [-0.25, -0.2) is 13.2 Å². The highest BCUT2D eigenvalue weighted by atomic mass is 32.2. The third kappa shape index (κ3) is 5.09. The van der Waals surface area contributed by atoms with Gasteiger partial charge < -0.3 is 19.5 Å². The third-order valence-corrected chi connectivity index (χ3v) is 7.75. The predicted molar refractivity (Wildman–Crippen MR) is 125 cm³/mol. The van der Waals surface area contributed by atoms with Crippen LogP contribution in [-0.4, -0.2) is 52.9 Å². The molecule has 1 aromatic carbocycles. The van der Waals surface area contributed by atoms with Crippen LogP contribution in [0.2, 0.25) is 0 Å². The average Bonchev–Trinajstić information content (AvgIpc) is 3.14. The van der Waals surface area contributed by atoms with E-state index in [4.69, 9.17) is 14.2 Å². The molecule has 0 saturated carbocycles. The van der Waals surface area contributed by atoms with E-state index in [1.807, 2.05) is 0 Å². The summed E-state index contributed by atoms with van der Waals surface area (Å²) in [6, 6.07) is 4.72. The summed E-state index contributed by atoms with van der Waals surface area (Å²) in [5.41, 5.74) is 1.59. The van der Waals surface area contributed by atoms with Crippen LogP contribution in [0, 0.1) is 0 Å². The Kier molecular flexibility index (Phi) is 6.80. The normalized spacial score (nSPS) is 14.8. The van der Waals surface area contributed by atoms with Gasteiger partial charge >= 0.3 is 5.97 Å². The first-order valence-corrected chi connectivity index (χ1v) is 13.4. The molecule has 0 bridgehead atoms. The van der Waals surface area contributed by atoms with Crippen LogP contribution < -0.4 is 19.1 Å². The number of rotatable bonds is 7. The van der Waals surface area contributed by atoms with Gasteiger partial charge in [-0.3, -0.25) is 9.10 Å². The van der Waals surface area contributed by atoms with E-state index in [-0.39, 0.29) is 12.3 Å². The summed E-state index contributed by atoms with van der Waals surface area (Å²) in [6.45, 7) is 2.27. The fourth-order valence-electron chi connectivity index (χ4n) is 3.96. The molecule has 0 saturated heterocycles. The zero-order chi connectivity index (χ0) is 23.6. The van der Waals surface area contributed by atoms with Gasteiger partial charge in [0.25, 0.3) is 0 Å². The van der Waals surface area contributed by atoms with Crippen molar-refractivity contribution in [1.29, 1.82) is 0 Å². The number of hydrogen-bond acceptors (Lipinski definition) is 8. The molecule has 1 N–H and O–H groups in total. The number of hydrogen-bond donors (Lipinski definition) is 1. The first-order chi connectivity index (χ1) is 15.8. The number of ether oxygens (including phenoxy) is 3. The molecule has 1 amide bonds. The van der Waals surface area contributed by atoms with E-state index in [0.29, 0.717) is 35.3 Å². The fraction of sp³-hybridized carbons (Fsp3) is 0.455. The van der Waals surface area contributed by atoms with E-state index >= 15 is 0 Å². The SMILES string of the molecule is CCOC(=O)c1c(NC(=O)CN(c2ccc3c(c2)OCCO3)S(C)(=O)=O)sc2c1CCCC2. The number of aryl methyl sites for hydroxylation is 1. The average molecular weight is 495 g/mol. The second-order valence-electron chi connectivity index (χ2n) is 7.78. The van der Waals surface area contributed by atoms with Crippen molar-refractivity contribution in [2.75, 3.05) is 42.2 Å². The monoisotopic (exact) mass is 494 g/mol. The van der Waals surface area contributed by atoms with Gasteiger partial charge in [0.15, 0.2) is 11.5 Å². The second kappa shape index (κ2) is 9.60. The van der Waals surface area contributed by atoms with Crippen LogP contribution in [-0.2, 0) is 32.4 Å². The molecular weight excluding hydrogens is 468 g/mol. The van der Waals surface area contributed by atoms with Crippen LogP contribution in [0.1, 0.15) is 40.6 Å². The minimum Gasteiger partial charge on any atom is -0.486 e. The molecule has 0 unspecified atom stereocenters. The van der Waals surface area contributed by atoms with E-state index < -0.39 is 28.4 Å². The Morgan fingerprint density at radius 1 is 1.15 bits per heavy atom. The Balaban J connectivity index is 1.59. The van der Waals surface area contributed by atoms with Crippen LogP contribution in [0.3, 0.4) is 0 Å². The first kappa shape index (κ1) is 23.4. The molecule has 0 spiro atoms.